The fourth-order valence-corrected chi connectivity index (χ4v) is 3.29. The predicted octanol–water partition coefficient (Wildman–Crippen LogP) is 4.29. The Kier molecular flexibility index (Phi) is 5.32. The summed E-state index contributed by atoms with van der Waals surface area (Å²) in [5, 5.41) is 2.67. The highest BCUT2D eigenvalue weighted by Gasteiger charge is 2.36. The first-order chi connectivity index (χ1) is 15.0. The number of halogens is 1. The first-order valence-corrected chi connectivity index (χ1v) is 9.38. The molecule has 154 valence electrons. The van der Waals surface area contributed by atoms with Crippen molar-refractivity contribution in [1.82, 2.24) is 0 Å². The Morgan fingerprint density at radius 1 is 0.968 bits per heavy atom. The van der Waals surface area contributed by atoms with Gasteiger partial charge < -0.3 is 10.1 Å². The summed E-state index contributed by atoms with van der Waals surface area (Å²) in [5.74, 6) is -1.68. The molecule has 0 fully saturated rings. The molecule has 4 rings (SSSR count). The van der Waals surface area contributed by atoms with E-state index in [9.17, 15) is 18.8 Å². The zero-order valence-electron chi connectivity index (χ0n) is 16.5. The van der Waals surface area contributed by atoms with E-state index in [1.807, 2.05) is 0 Å². The molecule has 0 bridgehead atoms. The van der Waals surface area contributed by atoms with Crippen LogP contribution in [0.5, 0.6) is 5.75 Å². The summed E-state index contributed by atoms with van der Waals surface area (Å²) in [6, 6.07) is 17.4. The Balaban J connectivity index is 1.49. The fraction of sp³-hybridized carbons (Fsp3) is 0.0417. The normalized spacial score (nSPS) is 12.9. The van der Waals surface area contributed by atoms with Crippen molar-refractivity contribution in [2.45, 2.75) is 0 Å². The van der Waals surface area contributed by atoms with Gasteiger partial charge in [0.1, 0.15) is 0 Å². The molecule has 7 heteroatoms. The minimum Gasteiger partial charge on any atom is -0.494 e. The van der Waals surface area contributed by atoms with Crippen molar-refractivity contribution < 1.29 is 23.5 Å². The molecule has 1 aliphatic rings. The third kappa shape index (κ3) is 3.93. The lowest BCUT2D eigenvalue weighted by atomic mass is 10.1. The Morgan fingerprint density at radius 2 is 1.68 bits per heavy atom. The molecule has 0 aliphatic carbocycles. The van der Waals surface area contributed by atoms with Gasteiger partial charge in [0.15, 0.2) is 11.6 Å². The van der Waals surface area contributed by atoms with Crippen molar-refractivity contribution >= 4 is 35.2 Å². The maximum absolute atomic E-state index is 13.8. The van der Waals surface area contributed by atoms with E-state index >= 15 is 0 Å². The number of hydrogen-bond donors (Lipinski definition) is 1. The summed E-state index contributed by atoms with van der Waals surface area (Å²) in [6.07, 6.45) is 2.72. The average molecular weight is 416 g/mol. The topological polar surface area (TPSA) is 75.7 Å². The molecule has 0 radical (unpaired) electrons. The summed E-state index contributed by atoms with van der Waals surface area (Å²) >= 11 is 0. The van der Waals surface area contributed by atoms with Gasteiger partial charge in [-0.15, -0.1) is 0 Å². The van der Waals surface area contributed by atoms with Crippen molar-refractivity contribution in [1.29, 1.82) is 0 Å². The molecule has 1 N–H and O–H groups in total. The molecule has 0 atom stereocenters. The molecule has 1 aliphatic heterocycles. The fourth-order valence-electron chi connectivity index (χ4n) is 3.29. The molecule has 0 aromatic heterocycles. The highest BCUT2D eigenvalue weighted by molar-refractivity contribution is 6.34. The Labute approximate surface area is 177 Å². The number of carbonyl (C=O) groups excluding carboxylic acids is 3. The second-order valence-corrected chi connectivity index (χ2v) is 6.76. The molecular weight excluding hydrogens is 399 g/mol. The standard InChI is InChI=1S/C24H17FN2O4/c1-31-21-11-9-15(13-20(21)25)10-12-22(28)26-16-5-4-6-17(14-16)27-23(29)18-7-2-3-8-19(18)24(27)30/h2-14H,1H3,(H,26,28)/b12-10+. The van der Waals surface area contributed by atoms with Crippen LogP contribution in [0.4, 0.5) is 15.8 Å². The number of benzene rings is 3. The van der Waals surface area contributed by atoms with Crippen LogP contribution in [0.1, 0.15) is 26.3 Å². The number of rotatable bonds is 5. The lowest BCUT2D eigenvalue weighted by Gasteiger charge is -2.15. The van der Waals surface area contributed by atoms with Crippen LogP contribution in [-0.4, -0.2) is 24.8 Å². The van der Waals surface area contributed by atoms with E-state index in [1.165, 1.54) is 31.4 Å². The molecule has 31 heavy (non-hydrogen) atoms. The van der Waals surface area contributed by atoms with E-state index < -0.39 is 23.5 Å². The van der Waals surface area contributed by atoms with Crippen LogP contribution in [-0.2, 0) is 4.79 Å². The predicted molar refractivity (Wildman–Crippen MR) is 115 cm³/mol. The molecule has 3 aromatic rings. The zero-order valence-corrected chi connectivity index (χ0v) is 16.5. The van der Waals surface area contributed by atoms with Crippen LogP contribution in [0.3, 0.4) is 0 Å². The number of methoxy groups -OCH3 is 1. The molecule has 3 aromatic carbocycles. The number of anilines is 2. The van der Waals surface area contributed by atoms with Crippen molar-refractivity contribution in [3.05, 3.63) is 95.3 Å². The van der Waals surface area contributed by atoms with Gasteiger partial charge in [0.05, 0.1) is 23.9 Å². The highest BCUT2D eigenvalue weighted by Crippen LogP contribution is 2.29. The number of hydrogen-bond acceptors (Lipinski definition) is 4. The molecular formula is C24H17FN2O4. The second-order valence-electron chi connectivity index (χ2n) is 6.76. The second kappa shape index (κ2) is 8.23. The number of nitrogens with one attached hydrogen (secondary N) is 1. The van der Waals surface area contributed by atoms with Gasteiger partial charge >= 0.3 is 0 Å². The van der Waals surface area contributed by atoms with Crippen molar-refractivity contribution in [2.75, 3.05) is 17.3 Å². The van der Waals surface area contributed by atoms with Gasteiger partial charge in [-0.25, -0.2) is 9.29 Å². The van der Waals surface area contributed by atoms with E-state index in [1.54, 1.807) is 54.6 Å². The lowest BCUT2D eigenvalue weighted by Crippen LogP contribution is -2.29. The number of fused-ring (bicyclic) bond motifs is 1. The Bertz CT molecular complexity index is 1200. The van der Waals surface area contributed by atoms with Crippen LogP contribution in [0.15, 0.2) is 72.8 Å². The maximum Gasteiger partial charge on any atom is 0.266 e. The Morgan fingerprint density at radius 3 is 2.32 bits per heavy atom. The SMILES string of the molecule is COc1ccc(/C=C/C(=O)Nc2cccc(N3C(=O)c4ccccc4C3=O)c2)cc1F. The van der Waals surface area contributed by atoms with Crippen LogP contribution >= 0.6 is 0 Å². The van der Waals surface area contributed by atoms with Gasteiger partial charge in [0.25, 0.3) is 11.8 Å². The summed E-state index contributed by atoms with van der Waals surface area (Å²) in [6.45, 7) is 0. The molecule has 0 saturated carbocycles. The van der Waals surface area contributed by atoms with Crippen LogP contribution in [0.2, 0.25) is 0 Å². The van der Waals surface area contributed by atoms with E-state index in [-0.39, 0.29) is 5.75 Å². The van der Waals surface area contributed by atoms with Crippen LogP contribution in [0, 0.1) is 5.82 Å². The van der Waals surface area contributed by atoms with Crippen molar-refractivity contribution in [3.63, 3.8) is 0 Å². The first kappa shape index (κ1) is 20.0. The molecule has 0 saturated heterocycles. The number of imide groups is 1. The zero-order chi connectivity index (χ0) is 22.0. The van der Waals surface area contributed by atoms with E-state index in [0.717, 1.165) is 4.90 Å². The minimum atomic E-state index is -0.529. The monoisotopic (exact) mass is 416 g/mol. The molecule has 3 amide bonds. The largest absolute Gasteiger partial charge is 0.494 e. The number of ether oxygens (including phenoxy) is 1. The molecule has 1 heterocycles. The smallest absolute Gasteiger partial charge is 0.266 e. The summed E-state index contributed by atoms with van der Waals surface area (Å²) < 4.78 is 18.6. The average Bonchev–Trinajstić information content (AvgIpc) is 3.03. The quantitative estimate of drug-likeness (QED) is 0.497. The molecule has 0 unspecified atom stereocenters. The molecule has 0 spiro atoms. The van der Waals surface area contributed by atoms with E-state index in [0.29, 0.717) is 28.1 Å². The van der Waals surface area contributed by atoms with Crippen molar-refractivity contribution in [3.8, 4) is 5.75 Å². The summed E-state index contributed by atoms with van der Waals surface area (Å²) in [4.78, 5) is 38.6. The number of nitrogens with zero attached hydrogens (tertiary/aromatic N) is 1. The third-order valence-corrected chi connectivity index (χ3v) is 4.77. The van der Waals surface area contributed by atoms with E-state index in [4.69, 9.17) is 4.74 Å². The number of carbonyl (C=O) groups is 3. The van der Waals surface area contributed by atoms with Crippen molar-refractivity contribution in [2.24, 2.45) is 0 Å². The minimum absolute atomic E-state index is 0.117. The van der Waals surface area contributed by atoms with Gasteiger partial charge in [0, 0.05) is 11.8 Å². The van der Waals surface area contributed by atoms with Gasteiger partial charge in [-0.05, 0) is 54.1 Å². The molecule has 6 nitrogen and oxygen atoms in total. The van der Waals surface area contributed by atoms with Gasteiger partial charge in [0.2, 0.25) is 5.91 Å². The summed E-state index contributed by atoms with van der Waals surface area (Å²) in [7, 11) is 1.37. The van der Waals surface area contributed by atoms with Gasteiger partial charge in [-0.2, -0.15) is 0 Å². The van der Waals surface area contributed by atoms with Crippen LogP contribution < -0.4 is 15.0 Å². The first-order valence-electron chi connectivity index (χ1n) is 9.38. The highest BCUT2D eigenvalue weighted by atomic mass is 19.1. The van der Waals surface area contributed by atoms with Gasteiger partial charge in [-0.3, -0.25) is 14.4 Å². The lowest BCUT2D eigenvalue weighted by molar-refractivity contribution is -0.111. The van der Waals surface area contributed by atoms with E-state index in [2.05, 4.69) is 5.32 Å². The summed E-state index contributed by atoms with van der Waals surface area (Å²) in [5.41, 5.74) is 1.94. The maximum atomic E-state index is 13.8. The third-order valence-electron chi connectivity index (χ3n) is 4.77. The Hall–Kier alpha value is -4.26. The van der Waals surface area contributed by atoms with Crippen LogP contribution in [0.25, 0.3) is 6.08 Å². The number of amides is 3. The van der Waals surface area contributed by atoms with Gasteiger partial charge in [-0.1, -0.05) is 24.3 Å².